The van der Waals surface area contributed by atoms with Crippen molar-refractivity contribution in [2.24, 2.45) is 23.5 Å². The van der Waals surface area contributed by atoms with E-state index in [1.807, 2.05) is 0 Å². The highest BCUT2D eigenvalue weighted by Crippen LogP contribution is 2.58. The molecule has 1 spiro atoms. The lowest BCUT2D eigenvalue weighted by atomic mass is 9.78. The third-order valence-corrected chi connectivity index (χ3v) is 14.6. The molecule has 11 heteroatoms. The van der Waals surface area contributed by atoms with E-state index in [2.05, 4.69) is 33.9 Å². The molecule has 0 aromatic carbocycles. The minimum absolute atomic E-state index is 0.00566. The molecule has 10 aliphatic heterocycles. The highest BCUT2D eigenvalue weighted by molar-refractivity contribution is 5.79. The highest BCUT2D eigenvalue weighted by Gasteiger charge is 2.73. The van der Waals surface area contributed by atoms with Gasteiger partial charge in [-0.15, -0.1) is 0 Å². The molecule has 10 saturated heterocycles. The SMILES string of the molecule is C=C1C[C@@H]2CC[C@@]34C[C@@]5(C)O[C@H]6[C@@H](O3)C3OC(CC[C@@H]3O[C@H]6C5O4)CC(=O)C[C@H]3[C@H](CC4O[C@@H](CCC1O2)C[C@@H](C)C4=C)OC(C[C@H](O)CN)[C@@H]3C. The van der Waals surface area contributed by atoms with Gasteiger partial charge in [-0.3, -0.25) is 4.79 Å². The average Bonchev–Trinajstić information content (AvgIpc) is 3.73. The zero-order chi connectivity index (χ0) is 36.1. The molecular formula is C41H61NO10. The number of aliphatic hydroxyl groups excluding tert-OH is 1. The van der Waals surface area contributed by atoms with Crippen molar-refractivity contribution in [2.45, 2.75) is 201 Å². The minimum Gasteiger partial charge on any atom is -0.392 e. The van der Waals surface area contributed by atoms with E-state index < -0.39 is 17.5 Å². The number of carbonyl (C=O) groups excluding carboxylic acids is 1. The van der Waals surface area contributed by atoms with Gasteiger partial charge in [0, 0.05) is 45.1 Å². The van der Waals surface area contributed by atoms with Gasteiger partial charge in [0.1, 0.15) is 41.9 Å². The van der Waals surface area contributed by atoms with Crippen LogP contribution < -0.4 is 5.73 Å². The second kappa shape index (κ2) is 13.7. The van der Waals surface area contributed by atoms with Gasteiger partial charge in [-0.1, -0.05) is 27.0 Å². The normalized spacial score (nSPS) is 53.8. The summed E-state index contributed by atoms with van der Waals surface area (Å²) in [4.78, 5) is 14.0. The number of rotatable bonds is 3. The van der Waals surface area contributed by atoms with Crippen LogP contribution in [0.25, 0.3) is 0 Å². The average molecular weight is 728 g/mol. The van der Waals surface area contributed by atoms with Crippen molar-refractivity contribution in [3.63, 3.8) is 0 Å². The van der Waals surface area contributed by atoms with E-state index in [4.69, 9.17) is 43.6 Å². The summed E-state index contributed by atoms with van der Waals surface area (Å²) in [5.41, 5.74) is 7.57. The molecule has 0 amide bonds. The number of aliphatic hydroxyl groups is 1. The molecular weight excluding hydrogens is 666 g/mol. The van der Waals surface area contributed by atoms with Gasteiger partial charge in [0.2, 0.25) is 0 Å². The predicted octanol–water partition coefficient (Wildman–Crippen LogP) is 4.45. The van der Waals surface area contributed by atoms with Crippen molar-refractivity contribution < 1.29 is 47.8 Å². The van der Waals surface area contributed by atoms with Crippen LogP contribution in [0.5, 0.6) is 0 Å². The molecule has 3 N–H and O–H groups in total. The fraction of sp³-hybridized carbons (Fsp3) is 0.878. The molecule has 10 aliphatic rings. The number of ether oxygens (including phenoxy) is 8. The van der Waals surface area contributed by atoms with Gasteiger partial charge >= 0.3 is 0 Å². The molecule has 290 valence electrons. The van der Waals surface area contributed by atoms with Crippen molar-refractivity contribution in [3.8, 4) is 0 Å². The van der Waals surface area contributed by atoms with Crippen LogP contribution in [0.4, 0.5) is 0 Å². The fourth-order valence-electron chi connectivity index (χ4n) is 11.7. The van der Waals surface area contributed by atoms with Crippen LogP contribution in [0, 0.1) is 17.8 Å². The quantitative estimate of drug-likeness (QED) is 0.399. The van der Waals surface area contributed by atoms with Crippen molar-refractivity contribution in [2.75, 3.05) is 6.54 Å². The lowest BCUT2D eigenvalue weighted by molar-refractivity contribution is -0.294. The van der Waals surface area contributed by atoms with Crippen LogP contribution in [0.3, 0.4) is 0 Å². The molecule has 19 atom stereocenters. The molecule has 0 radical (unpaired) electrons. The third-order valence-electron chi connectivity index (χ3n) is 14.6. The lowest BCUT2D eigenvalue weighted by Gasteiger charge is -2.47. The maximum absolute atomic E-state index is 14.0. The third kappa shape index (κ3) is 6.40. The maximum atomic E-state index is 14.0. The van der Waals surface area contributed by atoms with E-state index in [-0.39, 0.29) is 104 Å². The number of hydrogen-bond donors (Lipinski definition) is 2. The standard InChI is InChI=1S/C41H61NO10/c1-20-12-26-6-8-30-21(2)13-28(45-30)10-11-41-19-40(5)39(52-41)38-37(50-40)36(51-41)35-31(49-38)9-7-27(47-35)14-24(43)15-29-23(4)32(16-25(44)18-42)48-34(29)17-33(46-26)22(20)3/h20,23,25-39,44H,2-3,6-19,42H2,1,4-5H3/t20-,23-,25+,26+,27?,28+,29-,30?,31+,32?,33?,34+,35?,36+,37+,38-,39?,40-,41-/m1/s1. The number of ketones is 1. The van der Waals surface area contributed by atoms with E-state index in [9.17, 15) is 9.90 Å². The molecule has 0 aromatic rings. The topological polar surface area (TPSA) is 137 Å². The Morgan fingerprint density at radius 3 is 2.40 bits per heavy atom. The van der Waals surface area contributed by atoms with Gasteiger partial charge in [-0.05, 0) is 80.8 Å². The van der Waals surface area contributed by atoms with Crippen LogP contribution in [0.1, 0.15) is 104 Å². The largest absolute Gasteiger partial charge is 0.392 e. The van der Waals surface area contributed by atoms with Crippen molar-refractivity contribution >= 4 is 5.78 Å². The molecule has 0 aliphatic carbocycles. The first-order chi connectivity index (χ1) is 24.9. The van der Waals surface area contributed by atoms with Gasteiger partial charge in [0.05, 0.1) is 54.9 Å². The molecule has 0 saturated carbocycles. The first-order valence-electron chi connectivity index (χ1n) is 20.5. The second-order valence-electron chi connectivity index (χ2n) is 18.3. The van der Waals surface area contributed by atoms with Gasteiger partial charge in [-0.25, -0.2) is 0 Å². The van der Waals surface area contributed by atoms with E-state index >= 15 is 0 Å². The Balaban J connectivity index is 0.994. The summed E-state index contributed by atoms with van der Waals surface area (Å²) in [7, 11) is 0. The zero-order valence-corrected chi connectivity index (χ0v) is 31.3. The Morgan fingerprint density at radius 1 is 0.808 bits per heavy atom. The van der Waals surface area contributed by atoms with E-state index in [0.717, 1.165) is 56.1 Å². The Hall–Kier alpha value is -1.25. The smallest absolute Gasteiger partial charge is 0.172 e. The summed E-state index contributed by atoms with van der Waals surface area (Å²) in [5, 5.41) is 10.5. The Bertz CT molecular complexity index is 1410. The van der Waals surface area contributed by atoms with Crippen LogP contribution in [-0.4, -0.2) is 114 Å². The molecule has 10 fully saturated rings. The Labute approximate surface area is 308 Å². The highest BCUT2D eigenvalue weighted by atomic mass is 16.8. The monoisotopic (exact) mass is 727 g/mol. The van der Waals surface area contributed by atoms with Gasteiger partial charge in [0.25, 0.3) is 0 Å². The zero-order valence-electron chi connectivity index (χ0n) is 31.3. The molecule has 12 bridgehead atoms. The van der Waals surface area contributed by atoms with Gasteiger partial charge < -0.3 is 48.7 Å². The summed E-state index contributed by atoms with van der Waals surface area (Å²) in [6.45, 7) is 15.6. The predicted molar refractivity (Wildman–Crippen MR) is 189 cm³/mol. The fourth-order valence-corrected chi connectivity index (χ4v) is 11.7. The number of Topliss-reactive ketones (excluding diaryl/α,β-unsaturated/α-hetero) is 1. The molecule has 11 nitrogen and oxygen atoms in total. The molecule has 0 aromatic heterocycles. The summed E-state index contributed by atoms with van der Waals surface area (Å²) in [6.07, 6.45) is 6.17. The first kappa shape index (κ1) is 36.4. The van der Waals surface area contributed by atoms with Crippen LogP contribution in [0.2, 0.25) is 0 Å². The van der Waals surface area contributed by atoms with Crippen molar-refractivity contribution in [1.29, 1.82) is 0 Å². The second-order valence-corrected chi connectivity index (χ2v) is 18.3. The summed E-state index contributed by atoms with van der Waals surface area (Å²) >= 11 is 0. The van der Waals surface area contributed by atoms with E-state index in [1.54, 1.807) is 0 Å². The molecule has 6 unspecified atom stereocenters. The van der Waals surface area contributed by atoms with E-state index in [0.29, 0.717) is 44.4 Å². The summed E-state index contributed by atoms with van der Waals surface area (Å²) in [6, 6.07) is 0. The van der Waals surface area contributed by atoms with Crippen LogP contribution in [0.15, 0.2) is 24.3 Å². The number of carbonyl (C=O) groups is 1. The minimum atomic E-state index is -0.803. The Kier molecular flexibility index (Phi) is 9.62. The molecule has 10 rings (SSSR count). The summed E-state index contributed by atoms with van der Waals surface area (Å²) < 4.78 is 54.5. The number of fused-ring (bicyclic) bond motifs is 6. The number of hydrogen-bond acceptors (Lipinski definition) is 11. The molecule has 52 heavy (non-hydrogen) atoms. The van der Waals surface area contributed by atoms with Crippen LogP contribution >= 0.6 is 0 Å². The lowest BCUT2D eigenvalue weighted by Crippen LogP contribution is -2.61. The molecule has 10 heterocycles. The van der Waals surface area contributed by atoms with Gasteiger partial charge in [-0.2, -0.15) is 0 Å². The van der Waals surface area contributed by atoms with Crippen molar-refractivity contribution in [3.05, 3.63) is 24.3 Å². The van der Waals surface area contributed by atoms with Crippen molar-refractivity contribution in [1.82, 2.24) is 0 Å². The van der Waals surface area contributed by atoms with Crippen LogP contribution in [-0.2, 0) is 42.7 Å². The maximum Gasteiger partial charge on any atom is 0.172 e. The van der Waals surface area contributed by atoms with Gasteiger partial charge in [0.15, 0.2) is 5.79 Å². The summed E-state index contributed by atoms with van der Waals surface area (Å²) in [5.74, 6) is -0.272. The number of nitrogens with two attached hydrogens (primary N) is 1. The first-order valence-corrected chi connectivity index (χ1v) is 20.5. The Morgan fingerprint density at radius 2 is 1.58 bits per heavy atom. The van der Waals surface area contributed by atoms with E-state index in [1.165, 1.54) is 0 Å².